The number of benzene rings is 1. The Kier molecular flexibility index (Phi) is 2.07. The molecule has 0 bridgehead atoms. The summed E-state index contributed by atoms with van der Waals surface area (Å²) in [5.41, 5.74) is 1.59. The summed E-state index contributed by atoms with van der Waals surface area (Å²) in [6.45, 7) is 2.51. The molecule has 5 heteroatoms. The van der Waals surface area contributed by atoms with Gasteiger partial charge in [0.1, 0.15) is 5.82 Å². The lowest BCUT2D eigenvalue weighted by molar-refractivity contribution is 0.630. The van der Waals surface area contributed by atoms with E-state index in [1.165, 1.54) is 4.68 Å². The Morgan fingerprint density at radius 3 is 2.84 bits per heavy atom. The van der Waals surface area contributed by atoms with Crippen LogP contribution in [0, 0.1) is 0 Å². The summed E-state index contributed by atoms with van der Waals surface area (Å²) in [5, 5.41) is 5.40. The molecule has 5 nitrogen and oxygen atoms in total. The molecule has 0 spiro atoms. The second-order valence-electron chi connectivity index (χ2n) is 5.02. The molecule has 0 saturated heterocycles. The van der Waals surface area contributed by atoms with Gasteiger partial charge in [-0.2, -0.15) is 0 Å². The van der Waals surface area contributed by atoms with Gasteiger partial charge in [-0.15, -0.1) is 5.10 Å². The van der Waals surface area contributed by atoms with Gasteiger partial charge in [0.2, 0.25) is 0 Å². The van der Waals surface area contributed by atoms with Gasteiger partial charge in [0.05, 0.1) is 5.52 Å². The van der Waals surface area contributed by atoms with E-state index >= 15 is 0 Å². The van der Waals surface area contributed by atoms with E-state index in [4.69, 9.17) is 0 Å². The predicted molar refractivity (Wildman–Crippen MR) is 72.4 cm³/mol. The SMILES string of the molecule is CCn1nc2c3ccccc3nc(C3CC3)n2c1=O. The molecular weight excluding hydrogens is 240 g/mol. The summed E-state index contributed by atoms with van der Waals surface area (Å²) in [6, 6.07) is 7.88. The molecule has 19 heavy (non-hydrogen) atoms. The van der Waals surface area contributed by atoms with Crippen LogP contribution >= 0.6 is 0 Å². The smallest absolute Gasteiger partial charge is 0.246 e. The Morgan fingerprint density at radius 2 is 2.11 bits per heavy atom. The summed E-state index contributed by atoms with van der Waals surface area (Å²) < 4.78 is 3.21. The van der Waals surface area contributed by atoms with Crippen LogP contribution in [-0.4, -0.2) is 19.2 Å². The van der Waals surface area contributed by atoms with Crippen LogP contribution in [0.15, 0.2) is 29.1 Å². The quantitative estimate of drug-likeness (QED) is 0.702. The molecule has 96 valence electrons. The molecule has 0 radical (unpaired) electrons. The highest BCUT2D eigenvalue weighted by Gasteiger charge is 2.29. The summed E-state index contributed by atoms with van der Waals surface area (Å²) in [6.07, 6.45) is 2.23. The topological polar surface area (TPSA) is 52.2 Å². The minimum absolute atomic E-state index is 0.0716. The first-order valence-electron chi connectivity index (χ1n) is 6.68. The van der Waals surface area contributed by atoms with E-state index in [0.29, 0.717) is 12.5 Å². The molecule has 1 fully saturated rings. The maximum absolute atomic E-state index is 12.4. The van der Waals surface area contributed by atoms with Crippen LogP contribution in [-0.2, 0) is 6.54 Å². The van der Waals surface area contributed by atoms with Gasteiger partial charge >= 0.3 is 5.69 Å². The van der Waals surface area contributed by atoms with Gasteiger partial charge in [0.25, 0.3) is 0 Å². The van der Waals surface area contributed by atoms with Crippen LogP contribution in [0.1, 0.15) is 31.5 Å². The number of aryl methyl sites for hydroxylation is 1. The highest BCUT2D eigenvalue weighted by molar-refractivity contribution is 5.91. The third kappa shape index (κ3) is 1.44. The Bertz CT molecular complexity index is 842. The van der Waals surface area contributed by atoms with Gasteiger partial charge < -0.3 is 0 Å². The van der Waals surface area contributed by atoms with E-state index in [1.54, 1.807) is 4.40 Å². The van der Waals surface area contributed by atoms with Crippen LogP contribution in [0.4, 0.5) is 0 Å². The van der Waals surface area contributed by atoms with Crippen molar-refractivity contribution in [2.24, 2.45) is 0 Å². The normalized spacial score (nSPS) is 15.4. The van der Waals surface area contributed by atoms with Crippen LogP contribution in [0.25, 0.3) is 16.6 Å². The van der Waals surface area contributed by atoms with Crippen LogP contribution in [0.2, 0.25) is 0 Å². The number of rotatable bonds is 2. The average molecular weight is 254 g/mol. The summed E-state index contributed by atoms with van der Waals surface area (Å²) >= 11 is 0. The van der Waals surface area contributed by atoms with Crippen molar-refractivity contribution in [1.29, 1.82) is 0 Å². The number of aromatic nitrogens is 4. The third-order valence-electron chi connectivity index (χ3n) is 3.69. The number of fused-ring (bicyclic) bond motifs is 3. The number of para-hydroxylation sites is 1. The molecule has 3 aromatic rings. The zero-order chi connectivity index (χ0) is 13.0. The first-order chi connectivity index (χ1) is 9.29. The Hall–Kier alpha value is -2.17. The van der Waals surface area contributed by atoms with Crippen molar-refractivity contribution < 1.29 is 0 Å². The lowest BCUT2D eigenvalue weighted by Crippen LogP contribution is -2.22. The van der Waals surface area contributed by atoms with Crippen molar-refractivity contribution in [1.82, 2.24) is 19.2 Å². The fourth-order valence-electron chi connectivity index (χ4n) is 2.54. The minimum Gasteiger partial charge on any atom is -0.246 e. The lowest BCUT2D eigenvalue weighted by Gasteiger charge is -2.04. The second-order valence-corrected chi connectivity index (χ2v) is 5.02. The molecule has 2 aromatic heterocycles. The van der Waals surface area contributed by atoms with Crippen molar-refractivity contribution in [2.45, 2.75) is 32.2 Å². The number of hydrogen-bond donors (Lipinski definition) is 0. The highest BCUT2D eigenvalue weighted by Crippen LogP contribution is 2.39. The fourth-order valence-corrected chi connectivity index (χ4v) is 2.54. The molecule has 0 amide bonds. The van der Waals surface area contributed by atoms with Gasteiger partial charge in [-0.05, 0) is 31.9 Å². The summed E-state index contributed by atoms with van der Waals surface area (Å²) in [7, 11) is 0. The first-order valence-corrected chi connectivity index (χ1v) is 6.68. The van der Waals surface area contributed by atoms with Gasteiger partial charge in [-0.1, -0.05) is 12.1 Å². The van der Waals surface area contributed by atoms with E-state index in [2.05, 4.69) is 10.1 Å². The Morgan fingerprint density at radius 1 is 1.32 bits per heavy atom. The molecule has 1 aliphatic rings. The Balaban J connectivity index is 2.23. The molecule has 1 saturated carbocycles. The monoisotopic (exact) mass is 254 g/mol. The number of nitrogens with zero attached hydrogens (tertiary/aromatic N) is 4. The van der Waals surface area contributed by atoms with E-state index in [1.807, 2.05) is 31.2 Å². The fraction of sp³-hybridized carbons (Fsp3) is 0.357. The lowest BCUT2D eigenvalue weighted by atomic mass is 10.2. The molecule has 0 aliphatic heterocycles. The number of hydrogen-bond acceptors (Lipinski definition) is 3. The molecular formula is C14H14N4O. The summed E-state index contributed by atoms with van der Waals surface area (Å²) in [5.74, 6) is 1.29. The average Bonchev–Trinajstić information content (AvgIpc) is 3.22. The molecule has 2 heterocycles. The maximum atomic E-state index is 12.4. The zero-order valence-corrected chi connectivity index (χ0v) is 10.7. The van der Waals surface area contributed by atoms with Crippen LogP contribution < -0.4 is 5.69 Å². The predicted octanol–water partition coefficient (Wildman–Crippen LogP) is 1.94. The largest absolute Gasteiger partial charge is 0.351 e. The van der Waals surface area contributed by atoms with Crippen molar-refractivity contribution in [3.05, 3.63) is 40.6 Å². The van der Waals surface area contributed by atoms with Crippen molar-refractivity contribution in [3.63, 3.8) is 0 Å². The molecule has 0 unspecified atom stereocenters. The molecule has 4 rings (SSSR count). The van der Waals surface area contributed by atoms with Crippen molar-refractivity contribution in [2.75, 3.05) is 0 Å². The molecule has 1 aromatic carbocycles. The van der Waals surface area contributed by atoms with Gasteiger partial charge in [-0.25, -0.2) is 18.9 Å². The van der Waals surface area contributed by atoms with E-state index < -0.39 is 0 Å². The van der Waals surface area contributed by atoms with Crippen molar-refractivity contribution in [3.8, 4) is 0 Å². The minimum atomic E-state index is -0.0716. The highest BCUT2D eigenvalue weighted by atomic mass is 16.2. The van der Waals surface area contributed by atoms with Gasteiger partial charge in [0, 0.05) is 17.8 Å². The van der Waals surface area contributed by atoms with Crippen molar-refractivity contribution >= 4 is 16.6 Å². The molecule has 1 aliphatic carbocycles. The third-order valence-corrected chi connectivity index (χ3v) is 3.69. The first kappa shape index (κ1) is 10.7. The van der Waals surface area contributed by atoms with Gasteiger partial charge in [-0.3, -0.25) is 0 Å². The summed E-state index contributed by atoms with van der Waals surface area (Å²) in [4.78, 5) is 17.1. The van der Waals surface area contributed by atoms with E-state index in [-0.39, 0.29) is 5.69 Å². The Labute approximate surface area is 109 Å². The molecule has 0 atom stereocenters. The van der Waals surface area contributed by atoms with E-state index in [9.17, 15) is 4.79 Å². The van der Waals surface area contributed by atoms with Gasteiger partial charge in [0.15, 0.2) is 5.65 Å². The second kappa shape index (κ2) is 3.66. The molecule has 0 N–H and O–H groups in total. The van der Waals surface area contributed by atoms with Crippen LogP contribution in [0.3, 0.4) is 0 Å². The standard InChI is InChI=1S/C14H14N4O/c1-2-17-14(19)18-12(9-7-8-9)15-11-6-4-3-5-10(11)13(18)16-17/h3-6,9H,2,7-8H2,1H3. The van der Waals surface area contributed by atoms with E-state index in [0.717, 1.165) is 35.2 Å². The van der Waals surface area contributed by atoms with Crippen LogP contribution in [0.5, 0.6) is 0 Å². The zero-order valence-electron chi connectivity index (χ0n) is 10.7. The maximum Gasteiger partial charge on any atom is 0.351 e.